The molecular formula is C27H37N3O5Si. The van der Waals surface area contributed by atoms with Gasteiger partial charge in [0, 0.05) is 22.7 Å². The summed E-state index contributed by atoms with van der Waals surface area (Å²) in [6.45, 7) is 15.7. The monoisotopic (exact) mass is 511 g/mol. The average Bonchev–Trinajstić information content (AvgIpc) is 3.39. The van der Waals surface area contributed by atoms with Crippen LogP contribution in [-0.2, 0) is 13.9 Å². The lowest BCUT2D eigenvalue weighted by molar-refractivity contribution is -0.198. The Hall–Kier alpha value is -2.33. The van der Waals surface area contributed by atoms with Crippen LogP contribution in [0.15, 0.2) is 41.3 Å². The van der Waals surface area contributed by atoms with Crippen LogP contribution in [0, 0.1) is 12.3 Å². The van der Waals surface area contributed by atoms with Gasteiger partial charge >= 0.3 is 5.69 Å². The van der Waals surface area contributed by atoms with E-state index in [1.165, 1.54) is 4.57 Å². The first-order chi connectivity index (χ1) is 16.8. The predicted molar refractivity (Wildman–Crippen MR) is 140 cm³/mol. The zero-order chi connectivity index (χ0) is 26.1. The Kier molecular flexibility index (Phi) is 5.87. The van der Waals surface area contributed by atoms with E-state index in [0.29, 0.717) is 17.7 Å². The third-order valence-corrected chi connectivity index (χ3v) is 13.2. The Bertz CT molecular complexity index is 1230. The lowest BCUT2D eigenvalue weighted by Crippen LogP contribution is -2.54. The highest BCUT2D eigenvalue weighted by Gasteiger charge is 2.73. The normalized spacial score (nSPS) is 28.8. The van der Waals surface area contributed by atoms with Gasteiger partial charge in [0.1, 0.15) is 23.6 Å². The van der Waals surface area contributed by atoms with Gasteiger partial charge in [0.15, 0.2) is 14.5 Å². The number of rotatable bonds is 6. The van der Waals surface area contributed by atoms with E-state index >= 15 is 0 Å². The summed E-state index contributed by atoms with van der Waals surface area (Å²) < 4.78 is 21.6. The van der Waals surface area contributed by atoms with Gasteiger partial charge in [-0.1, -0.05) is 45.9 Å². The molecule has 36 heavy (non-hydrogen) atoms. The topological polar surface area (TPSA) is 91.7 Å². The van der Waals surface area contributed by atoms with Gasteiger partial charge in [0.05, 0.1) is 6.61 Å². The van der Waals surface area contributed by atoms with Crippen LogP contribution in [0.1, 0.15) is 62.7 Å². The molecule has 5 rings (SSSR count). The number of amides is 1. The maximum absolute atomic E-state index is 13.2. The molecule has 1 aromatic heterocycles. The van der Waals surface area contributed by atoms with Crippen molar-refractivity contribution in [1.29, 1.82) is 0 Å². The Morgan fingerprint density at radius 2 is 1.89 bits per heavy atom. The molecule has 8 nitrogen and oxygen atoms in total. The number of anilines is 1. The second-order valence-electron chi connectivity index (χ2n) is 12.3. The van der Waals surface area contributed by atoms with E-state index in [0.717, 1.165) is 12.8 Å². The van der Waals surface area contributed by atoms with E-state index in [2.05, 4.69) is 51.1 Å². The molecule has 3 aliphatic rings. The van der Waals surface area contributed by atoms with Crippen molar-refractivity contribution in [3.63, 3.8) is 0 Å². The minimum absolute atomic E-state index is 0.0315. The van der Waals surface area contributed by atoms with E-state index < -0.39 is 31.9 Å². The fourth-order valence-electron chi connectivity index (χ4n) is 5.06. The summed E-state index contributed by atoms with van der Waals surface area (Å²) >= 11 is 0. The van der Waals surface area contributed by atoms with Crippen LogP contribution in [0.25, 0.3) is 0 Å². The van der Waals surface area contributed by atoms with Gasteiger partial charge in [-0.25, -0.2) is 4.79 Å². The molecule has 1 unspecified atom stereocenters. The van der Waals surface area contributed by atoms with E-state index in [9.17, 15) is 9.59 Å². The van der Waals surface area contributed by atoms with Crippen molar-refractivity contribution in [2.45, 2.75) is 89.6 Å². The van der Waals surface area contributed by atoms with E-state index in [1.54, 1.807) is 30.5 Å². The number of nitrogens with zero attached hydrogens (tertiary/aromatic N) is 2. The molecule has 2 aliphatic heterocycles. The molecule has 3 heterocycles. The standard InChI is InChI=1S/C27H37N3O5Si/c1-17-15-30(24(32)29-21(17)28-22(31)18-11-9-8-10-12-18)23-19-20(35-36(6,7)25(2,3)4)27(34-23,16-33-19)26(5)13-14-26/h8-12,15,19-20,23H,13-14,16H2,1-7H3,(H,28,29,31,32)/t19?,20-,23-,27+/m1/s1. The second kappa shape index (κ2) is 8.34. The van der Waals surface area contributed by atoms with Crippen molar-refractivity contribution in [2.24, 2.45) is 5.41 Å². The molecule has 3 fully saturated rings. The number of hydrogen-bond acceptors (Lipinski definition) is 6. The highest BCUT2D eigenvalue weighted by molar-refractivity contribution is 6.74. The lowest BCUT2D eigenvalue weighted by Gasteiger charge is -2.43. The number of benzene rings is 1. The molecule has 1 aliphatic carbocycles. The molecular weight excluding hydrogens is 474 g/mol. The van der Waals surface area contributed by atoms with Gasteiger partial charge in [-0.2, -0.15) is 4.98 Å². The number of aryl methyl sites for hydroxylation is 1. The smallest absolute Gasteiger partial charge is 0.351 e. The third-order valence-electron chi connectivity index (χ3n) is 8.79. The van der Waals surface area contributed by atoms with Crippen molar-refractivity contribution in [3.05, 3.63) is 58.1 Å². The molecule has 1 aromatic carbocycles. The highest BCUT2D eigenvalue weighted by Crippen LogP contribution is 2.65. The van der Waals surface area contributed by atoms with E-state index in [1.807, 2.05) is 13.0 Å². The summed E-state index contributed by atoms with van der Waals surface area (Å²) in [5.41, 5.74) is 0.0361. The van der Waals surface area contributed by atoms with E-state index in [4.69, 9.17) is 13.9 Å². The first-order valence-electron chi connectivity index (χ1n) is 12.7. The van der Waals surface area contributed by atoms with Gasteiger partial charge in [0.2, 0.25) is 0 Å². The second-order valence-corrected chi connectivity index (χ2v) is 17.1. The van der Waals surface area contributed by atoms with Crippen LogP contribution >= 0.6 is 0 Å². The van der Waals surface area contributed by atoms with Crippen LogP contribution < -0.4 is 11.0 Å². The van der Waals surface area contributed by atoms with Gasteiger partial charge in [-0.3, -0.25) is 9.36 Å². The maximum atomic E-state index is 13.2. The molecule has 4 atom stereocenters. The predicted octanol–water partition coefficient (Wildman–Crippen LogP) is 4.66. The molecule has 2 aromatic rings. The quantitative estimate of drug-likeness (QED) is 0.567. The molecule has 194 valence electrons. The molecule has 2 saturated heterocycles. The molecule has 2 bridgehead atoms. The number of aromatic nitrogens is 2. The summed E-state index contributed by atoms with van der Waals surface area (Å²) in [6.07, 6.45) is 2.51. The van der Waals surface area contributed by atoms with Crippen molar-refractivity contribution < 1.29 is 18.7 Å². The summed E-state index contributed by atoms with van der Waals surface area (Å²) in [5, 5.41) is 2.79. The van der Waals surface area contributed by atoms with Gasteiger partial charge in [-0.05, 0) is 50.0 Å². The Morgan fingerprint density at radius 3 is 2.50 bits per heavy atom. The number of fused-ring (bicyclic) bond motifs is 2. The number of hydrogen-bond donors (Lipinski definition) is 1. The van der Waals surface area contributed by atoms with Gasteiger partial charge in [0.25, 0.3) is 5.91 Å². The molecule has 9 heteroatoms. The molecule has 1 amide bonds. The fourth-order valence-corrected chi connectivity index (χ4v) is 6.37. The minimum atomic E-state index is -2.14. The fraction of sp³-hybridized carbons (Fsp3) is 0.593. The van der Waals surface area contributed by atoms with Crippen molar-refractivity contribution >= 4 is 20.0 Å². The summed E-state index contributed by atoms with van der Waals surface area (Å²) in [6, 6.07) is 8.85. The summed E-state index contributed by atoms with van der Waals surface area (Å²) in [4.78, 5) is 30.1. The minimum Gasteiger partial charge on any atom is -0.408 e. The Balaban J connectivity index is 1.45. The zero-order valence-corrected chi connectivity index (χ0v) is 23.3. The lowest BCUT2D eigenvalue weighted by atomic mass is 9.83. The Labute approximate surface area is 213 Å². The van der Waals surface area contributed by atoms with Crippen LogP contribution in [0.5, 0.6) is 0 Å². The molecule has 0 radical (unpaired) electrons. The average molecular weight is 512 g/mol. The first-order valence-corrected chi connectivity index (χ1v) is 15.6. The van der Waals surface area contributed by atoms with E-state index in [-0.39, 0.29) is 28.3 Å². The number of carbonyl (C=O) groups excluding carboxylic acids is 1. The van der Waals surface area contributed by atoms with Crippen molar-refractivity contribution in [3.8, 4) is 0 Å². The highest BCUT2D eigenvalue weighted by atomic mass is 28.4. The van der Waals surface area contributed by atoms with Crippen LogP contribution in [0.3, 0.4) is 0 Å². The largest absolute Gasteiger partial charge is 0.408 e. The van der Waals surface area contributed by atoms with Gasteiger partial charge in [-0.15, -0.1) is 0 Å². The molecule has 0 spiro atoms. The summed E-state index contributed by atoms with van der Waals surface area (Å²) in [7, 11) is -2.14. The van der Waals surface area contributed by atoms with Gasteiger partial charge < -0.3 is 19.2 Å². The number of ether oxygens (including phenoxy) is 2. The summed E-state index contributed by atoms with van der Waals surface area (Å²) in [5.74, 6) is -0.0709. The zero-order valence-electron chi connectivity index (χ0n) is 22.3. The third kappa shape index (κ3) is 3.96. The SMILES string of the molecule is Cc1cn([C@@H]2O[C@@]3(C4(C)CC4)COC2[C@H]3O[Si](C)(C)C(C)(C)C)c(=O)nc1NC(=O)c1ccccc1. The van der Waals surface area contributed by atoms with Crippen molar-refractivity contribution in [2.75, 3.05) is 11.9 Å². The first kappa shape index (κ1) is 25.3. The van der Waals surface area contributed by atoms with Crippen molar-refractivity contribution in [1.82, 2.24) is 9.55 Å². The maximum Gasteiger partial charge on any atom is 0.351 e. The van der Waals surface area contributed by atoms with Crippen LogP contribution in [0.2, 0.25) is 18.1 Å². The Morgan fingerprint density at radius 1 is 1.22 bits per heavy atom. The molecule has 1 saturated carbocycles. The van der Waals surface area contributed by atoms with Crippen LogP contribution in [0.4, 0.5) is 5.82 Å². The number of nitrogens with one attached hydrogen (secondary N) is 1. The van der Waals surface area contributed by atoms with Crippen LogP contribution in [-0.4, -0.2) is 48.2 Å². The number of carbonyl (C=O) groups is 1. The molecule has 1 N–H and O–H groups in total.